The van der Waals surface area contributed by atoms with Crippen LogP contribution in [-0.4, -0.2) is 46.0 Å². The second kappa shape index (κ2) is 11.8. The molecule has 7 N–H and O–H groups in total. The molecule has 0 fully saturated rings. The molecule has 1 amide bonds. The largest absolute Gasteiger partial charge is 0.481 e. The Hall–Kier alpha value is -4.41. The van der Waals surface area contributed by atoms with Crippen molar-refractivity contribution in [2.45, 2.75) is 31.7 Å². The molecule has 0 aliphatic carbocycles. The molecule has 174 valence electrons. The van der Waals surface area contributed by atoms with Gasteiger partial charge in [0.2, 0.25) is 5.91 Å². The van der Waals surface area contributed by atoms with Crippen LogP contribution >= 0.6 is 0 Å². The second-order valence-corrected chi connectivity index (χ2v) is 7.01. The molecule has 0 radical (unpaired) electrons. The number of benzene rings is 2. The molecule has 2 aromatic carbocycles. The number of carboxylic acids is 2. The average molecular weight is 456 g/mol. The van der Waals surface area contributed by atoms with E-state index in [-0.39, 0.29) is 25.2 Å². The number of nitrogens with one attached hydrogen (secondary N) is 1. The molecule has 0 spiro atoms. The zero-order valence-electron chi connectivity index (χ0n) is 17.6. The lowest BCUT2D eigenvalue weighted by atomic mass is 10.1. The first-order valence-electron chi connectivity index (χ1n) is 9.89. The SMILES string of the molecule is NC(N)=Nc1ccc(C(=O)Oc2ccc(CCC(=O)N[C@@H](CCC(=O)O)C(=O)O)cc2)cc1. The van der Waals surface area contributed by atoms with Crippen molar-refractivity contribution in [1.82, 2.24) is 5.32 Å². The minimum absolute atomic E-state index is 0.0120. The Kier molecular flexibility index (Phi) is 8.92. The van der Waals surface area contributed by atoms with Gasteiger partial charge in [-0.05, 0) is 54.8 Å². The maximum atomic E-state index is 12.3. The van der Waals surface area contributed by atoms with E-state index in [9.17, 15) is 19.2 Å². The molecule has 0 saturated heterocycles. The van der Waals surface area contributed by atoms with Crippen molar-refractivity contribution in [2.75, 3.05) is 0 Å². The number of carboxylic acid groups (broad SMARTS) is 2. The lowest BCUT2D eigenvalue weighted by Gasteiger charge is -2.13. The number of carbonyl (C=O) groups is 4. The number of carbonyl (C=O) groups excluding carboxylic acids is 2. The molecule has 33 heavy (non-hydrogen) atoms. The highest BCUT2D eigenvalue weighted by atomic mass is 16.5. The summed E-state index contributed by atoms with van der Waals surface area (Å²) in [4.78, 5) is 49.9. The molecule has 11 nitrogen and oxygen atoms in total. The molecule has 0 bridgehead atoms. The van der Waals surface area contributed by atoms with Crippen LogP contribution in [0.15, 0.2) is 53.5 Å². The maximum Gasteiger partial charge on any atom is 0.343 e. The lowest BCUT2D eigenvalue weighted by molar-refractivity contribution is -0.143. The summed E-state index contributed by atoms with van der Waals surface area (Å²) in [5.41, 5.74) is 12.2. The van der Waals surface area contributed by atoms with Crippen molar-refractivity contribution < 1.29 is 34.1 Å². The molecule has 2 rings (SSSR count). The van der Waals surface area contributed by atoms with Crippen LogP contribution in [0.4, 0.5) is 5.69 Å². The number of hydrogen-bond donors (Lipinski definition) is 5. The molecular formula is C22H24N4O7. The number of rotatable bonds is 11. The molecule has 11 heteroatoms. The van der Waals surface area contributed by atoms with Gasteiger partial charge in [0.25, 0.3) is 0 Å². The monoisotopic (exact) mass is 456 g/mol. The Labute approximate surface area is 189 Å². The van der Waals surface area contributed by atoms with E-state index in [1.165, 1.54) is 12.1 Å². The summed E-state index contributed by atoms with van der Waals surface area (Å²) < 4.78 is 5.31. The first-order valence-corrected chi connectivity index (χ1v) is 9.89. The van der Waals surface area contributed by atoms with Gasteiger partial charge in [-0.25, -0.2) is 14.6 Å². The van der Waals surface area contributed by atoms with E-state index in [2.05, 4.69) is 10.3 Å². The van der Waals surface area contributed by atoms with Gasteiger partial charge in [0.05, 0.1) is 11.3 Å². The number of esters is 1. The highest BCUT2D eigenvalue weighted by Crippen LogP contribution is 2.17. The zero-order chi connectivity index (χ0) is 24.4. The van der Waals surface area contributed by atoms with Crippen molar-refractivity contribution in [3.05, 3.63) is 59.7 Å². The fourth-order valence-corrected chi connectivity index (χ4v) is 2.76. The molecule has 2 aromatic rings. The van der Waals surface area contributed by atoms with Crippen LogP contribution < -0.4 is 21.5 Å². The minimum atomic E-state index is -1.29. The number of nitrogens with zero attached hydrogens (tertiary/aromatic N) is 1. The topological polar surface area (TPSA) is 194 Å². The van der Waals surface area contributed by atoms with E-state index in [1.807, 2.05) is 0 Å². The van der Waals surface area contributed by atoms with Gasteiger partial charge >= 0.3 is 17.9 Å². The van der Waals surface area contributed by atoms with Crippen molar-refractivity contribution >= 4 is 35.5 Å². The highest BCUT2D eigenvalue weighted by molar-refractivity contribution is 5.91. The van der Waals surface area contributed by atoms with Gasteiger partial charge in [-0.15, -0.1) is 0 Å². The van der Waals surface area contributed by atoms with Crippen LogP contribution in [0.2, 0.25) is 0 Å². The summed E-state index contributed by atoms with van der Waals surface area (Å²) >= 11 is 0. The smallest absolute Gasteiger partial charge is 0.343 e. The van der Waals surface area contributed by atoms with Crippen molar-refractivity contribution in [2.24, 2.45) is 16.5 Å². The minimum Gasteiger partial charge on any atom is -0.481 e. The number of ether oxygens (including phenoxy) is 1. The normalized spacial score (nSPS) is 11.2. The molecular weight excluding hydrogens is 432 g/mol. The number of aliphatic carboxylic acids is 2. The van der Waals surface area contributed by atoms with Crippen LogP contribution in [0, 0.1) is 0 Å². The predicted molar refractivity (Wildman–Crippen MR) is 118 cm³/mol. The third-order valence-electron chi connectivity index (χ3n) is 4.42. The molecule has 0 aliphatic rings. The lowest BCUT2D eigenvalue weighted by Crippen LogP contribution is -2.41. The van der Waals surface area contributed by atoms with E-state index in [0.29, 0.717) is 23.4 Å². The van der Waals surface area contributed by atoms with Crippen LogP contribution in [0.25, 0.3) is 0 Å². The van der Waals surface area contributed by atoms with Crippen LogP contribution in [0.1, 0.15) is 35.2 Å². The fraction of sp³-hybridized carbons (Fsp3) is 0.227. The molecule has 0 unspecified atom stereocenters. The van der Waals surface area contributed by atoms with Gasteiger partial charge in [0.1, 0.15) is 11.8 Å². The maximum absolute atomic E-state index is 12.3. The highest BCUT2D eigenvalue weighted by Gasteiger charge is 2.20. The van der Waals surface area contributed by atoms with Gasteiger partial charge in [0, 0.05) is 12.8 Å². The van der Waals surface area contributed by atoms with E-state index >= 15 is 0 Å². The third-order valence-corrected chi connectivity index (χ3v) is 4.42. The number of guanidine groups is 1. The second-order valence-electron chi connectivity index (χ2n) is 7.01. The molecule has 0 aromatic heterocycles. The van der Waals surface area contributed by atoms with Crippen LogP contribution in [0.5, 0.6) is 5.75 Å². The number of aliphatic imine (C=N–C) groups is 1. The molecule has 0 aliphatic heterocycles. The van der Waals surface area contributed by atoms with E-state index < -0.39 is 29.9 Å². The number of aryl methyl sites for hydroxylation is 1. The molecule has 1 atom stereocenters. The molecule has 0 saturated carbocycles. The summed E-state index contributed by atoms with van der Waals surface area (Å²) in [5.74, 6) is -3.29. The Balaban J connectivity index is 1.86. The molecule has 0 heterocycles. The summed E-state index contributed by atoms with van der Waals surface area (Å²) in [6.45, 7) is 0. The standard InChI is InChI=1S/C22H24N4O7/c23-22(24)25-15-6-4-14(5-7-15)21(32)33-16-8-1-13(2-9-16)3-11-18(27)26-17(20(30)31)10-12-19(28)29/h1-2,4-9,17H,3,10-12H2,(H,26,27)(H,28,29)(H,30,31)(H4,23,24,25)/t17-/m0/s1. The van der Waals surface area contributed by atoms with E-state index in [0.717, 1.165) is 5.56 Å². The summed E-state index contributed by atoms with van der Waals surface area (Å²) in [7, 11) is 0. The Bertz CT molecular complexity index is 1030. The van der Waals surface area contributed by atoms with Crippen LogP contribution in [0.3, 0.4) is 0 Å². The van der Waals surface area contributed by atoms with Crippen molar-refractivity contribution in [3.63, 3.8) is 0 Å². The summed E-state index contributed by atoms with van der Waals surface area (Å²) in [6, 6.07) is 11.4. The predicted octanol–water partition coefficient (Wildman–Crippen LogP) is 1.18. The van der Waals surface area contributed by atoms with Gasteiger partial charge in [-0.1, -0.05) is 12.1 Å². The van der Waals surface area contributed by atoms with Crippen LogP contribution in [-0.2, 0) is 20.8 Å². The Morgan fingerprint density at radius 2 is 1.58 bits per heavy atom. The first-order chi connectivity index (χ1) is 15.6. The van der Waals surface area contributed by atoms with Gasteiger partial charge < -0.3 is 31.7 Å². The fourth-order valence-electron chi connectivity index (χ4n) is 2.76. The van der Waals surface area contributed by atoms with Gasteiger partial charge in [-0.3, -0.25) is 9.59 Å². The summed E-state index contributed by atoms with van der Waals surface area (Å²) in [5, 5.41) is 20.1. The number of hydrogen-bond acceptors (Lipinski definition) is 6. The third kappa shape index (κ3) is 8.69. The quantitative estimate of drug-likeness (QED) is 0.143. The van der Waals surface area contributed by atoms with E-state index in [1.54, 1.807) is 36.4 Å². The first kappa shape index (κ1) is 24.9. The summed E-state index contributed by atoms with van der Waals surface area (Å²) in [6.07, 6.45) is -0.235. The van der Waals surface area contributed by atoms with Crippen molar-refractivity contribution in [3.8, 4) is 5.75 Å². The van der Waals surface area contributed by atoms with Crippen molar-refractivity contribution in [1.29, 1.82) is 0 Å². The number of nitrogens with two attached hydrogens (primary N) is 2. The van der Waals surface area contributed by atoms with Gasteiger partial charge in [-0.2, -0.15) is 0 Å². The number of amides is 1. The Morgan fingerprint density at radius 1 is 0.939 bits per heavy atom. The van der Waals surface area contributed by atoms with E-state index in [4.69, 9.17) is 26.4 Å². The zero-order valence-corrected chi connectivity index (χ0v) is 17.6. The Morgan fingerprint density at radius 3 is 2.12 bits per heavy atom. The average Bonchev–Trinajstić information content (AvgIpc) is 2.75. The van der Waals surface area contributed by atoms with Gasteiger partial charge in [0.15, 0.2) is 5.96 Å².